The van der Waals surface area contributed by atoms with Gasteiger partial charge in [-0.25, -0.2) is 4.98 Å². The van der Waals surface area contributed by atoms with Gasteiger partial charge in [0.15, 0.2) is 5.82 Å². The summed E-state index contributed by atoms with van der Waals surface area (Å²) < 4.78 is 13.1. The molecule has 4 rings (SSSR count). The largest absolute Gasteiger partial charge is 0.378 e. The Bertz CT molecular complexity index is 825. The summed E-state index contributed by atoms with van der Waals surface area (Å²) in [6.07, 6.45) is 4.05. The van der Waals surface area contributed by atoms with Crippen molar-refractivity contribution in [2.24, 2.45) is 0 Å². The van der Waals surface area contributed by atoms with E-state index in [2.05, 4.69) is 43.6 Å². The van der Waals surface area contributed by atoms with Crippen molar-refractivity contribution in [1.82, 2.24) is 24.4 Å². The predicted molar refractivity (Wildman–Crippen MR) is 82.9 cm³/mol. The van der Waals surface area contributed by atoms with Crippen molar-refractivity contribution in [3.05, 3.63) is 47.5 Å². The first-order valence-electron chi connectivity index (χ1n) is 7.75. The molecule has 1 unspecified atom stereocenters. The maximum absolute atomic E-state index is 5.61. The van der Waals surface area contributed by atoms with Crippen molar-refractivity contribution in [3.8, 4) is 0 Å². The Balaban J connectivity index is 1.63. The fourth-order valence-corrected chi connectivity index (χ4v) is 2.97. The molecule has 1 aliphatic heterocycles. The summed E-state index contributed by atoms with van der Waals surface area (Å²) in [5.74, 6) is 1.27. The summed E-state index contributed by atoms with van der Waals surface area (Å²) >= 11 is 0. The molecule has 0 amide bonds. The second kappa shape index (κ2) is 5.75. The molecule has 7 nitrogen and oxygen atoms in total. The second-order valence-corrected chi connectivity index (χ2v) is 5.93. The number of hydrogen-bond donors (Lipinski definition) is 0. The average molecular weight is 313 g/mol. The van der Waals surface area contributed by atoms with Crippen molar-refractivity contribution >= 4 is 5.65 Å². The van der Waals surface area contributed by atoms with Gasteiger partial charge in [-0.15, -0.1) is 0 Å². The molecule has 0 N–H and O–H groups in total. The Morgan fingerprint density at radius 2 is 2.22 bits per heavy atom. The van der Waals surface area contributed by atoms with Gasteiger partial charge in [0, 0.05) is 19.3 Å². The summed E-state index contributed by atoms with van der Waals surface area (Å²) in [5, 5.41) is 3.90. The highest BCUT2D eigenvalue weighted by Crippen LogP contribution is 2.25. The molecule has 1 aliphatic rings. The van der Waals surface area contributed by atoms with Crippen molar-refractivity contribution in [1.29, 1.82) is 0 Å². The number of rotatable bonds is 3. The molecular formula is C16H19N5O2. The molecule has 7 heteroatoms. The van der Waals surface area contributed by atoms with Crippen LogP contribution in [0.1, 0.15) is 29.0 Å². The van der Waals surface area contributed by atoms with Crippen LogP contribution in [0.3, 0.4) is 0 Å². The van der Waals surface area contributed by atoms with Gasteiger partial charge in [0.25, 0.3) is 0 Å². The van der Waals surface area contributed by atoms with Crippen molar-refractivity contribution in [3.63, 3.8) is 0 Å². The second-order valence-electron chi connectivity index (χ2n) is 5.93. The van der Waals surface area contributed by atoms with E-state index in [1.807, 2.05) is 19.2 Å². The summed E-state index contributed by atoms with van der Waals surface area (Å²) in [5.41, 5.74) is 3.32. The summed E-state index contributed by atoms with van der Waals surface area (Å²) in [7, 11) is 0. The fraction of sp³-hybridized carbons (Fsp3) is 0.438. The number of pyridine rings is 1. The number of fused-ring (bicyclic) bond motifs is 1. The molecule has 0 radical (unpaired) electrons. The topological polar surface area (TPSA) is 68.7 Å². The number of aromatic nitrogens is 4. The number of aryl methyl sites for hydroxylation is 2. The quantitative estimate of drug-likeness (QED) is 0.736. The molecule has 23 heavy (non-hydrogen) atoms. The third-order valence-electron chi connectivity index (χ3n) is 4.16. The molecule has 4 heterocycles. The van der Waals surface area contributed by atoms with Crippen LogP contribution in [0.15, 0.2) is 29.0 Å². The Morgan fingerprint density at radius 3 is 3.04 bits per heavy atom. The smallest absolute Gasteiger partial charge is 0.246 e. The van der Waals surface area contributed by atoms with Crippen molar-refractivity contribution < 1.29 is 9.26 Å². The van der Waals surface area contributed by atoms with E-state index < -0.39 is 0 Å². The van der Waals surface area contributed by atoms with Gasteiger partial charge in [0.1, 0.15) is 11.7 Å². The summed E-state index contributed by atoms with van der Waals surface area (Å²) in [6, 6.07) is 4.10. The molecule has 3 aromatic heterocycles. The van der Waals surface area contributed by atoms with Gasteiger partial charge in [0.2, 0.25) is 5.89 Å². The minimum atomic E-state index is -0.0136. The van der Waals surface area contributed by atoms with Crippen LogP contribution in [0.25, 0.3) is 5.65 Å². The monoisotopic (exact) mass is 313 g/mol. The van der Waals surface area contributed by atoms with Crippen LogP contribution < -0.4 is 0 Å². The Hall–Kier alpha value is -2.25. The van der Waals surface area contributed by atoms with Gasteiger partial charge < -0.3 is 13.7 Å². The standard InChI is InChI=1S/C16H19N5O2/c1-11-3-4-15-17-7-13(21(15)8-11)9-20-5-6-22-10-14(20)16-18-12(2)19-23-16/h3-4,7-8,14H,5-6,9-10H2,1-2H3. The number of morpholine rings is 1. The summed E-state index contributed by atoms with van der Waals surface area (Å²) in [4.78, 5) is 11.2. The van der Waals surface area contributed by atoms with Crippen LogP contribution in [0.5, 0.6) is 0 Å². The first kappa shape index (κ1) is 14.3. The van der Waals surface area contributed by atoms with Gasteiger partial charge in [-0.05, 0) is 25.5 Å². The molecule has 1 atom stereocenters. The molecule has 3 aromatic rings. The lowest BCUT2D eigenvalue weighted by Crippen LogP contribution is -2.39. The Kier molecular flexibility index (Phi) is 3.59. The molecule has 0 aromatic carbocycles. The van der Waals surface area contributed by atoms with Gasteiger partial charge >= 0.3 is 0 Å². The Labute approximate surface area is 133 Å². The van der Waals surface area contributed by atoms with Crippen LogP contribution in [0.2, 0.25) is 0 Å². The highest BCUT2D eigenvalue weighted by atomic mass is 16.5. The zero-order valence-corrected chi connectivity index (χ0v) is 13.3. The van der Waals surface area contributed by atoms with E-state index in [9.17, 15) is 0 Å². The third kappa shape index (κ3) is 2.73. The molecule has 0 spiro atoms. The van der Waals surface area contributed by atoms with Crippen molar-refractivity contribution in [2.75, 3.05) is 19.8 Å². The maximum Gasteiger partial charge on any atom is 0.246 e. The van der Waals surface area contributed by atoms with Gasteiger partial charge in [-0.2, -0.15) is 4.98 Å². The van der Waals surface area contributed by atoms with Gasteiger partial charge in [-0.3, -0.25) is 4.90 Å². The first-order chi connectivity index (χ1) is 11.2. The van der Waals surface area contributed by atoms with Gasteiger partial charge in [-0.1, -0.05) is 11.2 Å². The van der Waals surface area contributed by atoms with Crippen molar-refractivity contribution in [2.45, 2.75) is 26.4 Å². The molecule has 0 saturated carbocycles. The minimum Gasteiger partial charge on any atom is -0.378 e. The first-order valence-corrected chi connectivity index (χ1v) is 7.75. The SMILES string of the molecule is Cc1ccc2ncc(CN3CCOCC3c3nc(C)no3)n2c1. The van der Waals surface area contributed by atoms with E-state index in [4.69, 9.17) is 9.26 Å². The zero-order chi connectivity index (χ0) is 15.8. The van der Waals surface area contributed by atoms with E-state index in [-0.39, 0.29) is 6.04 Å². The molecule has 0 bridgehead atoms. The van der Waals surface area contributed by atoms with Crippen LogP contribution in [0.4, 0.5) is 0 Å². The highest BCUT2D eigenvalue weighted by Gasteiger charge is 2.29. The predicted octanol–water partition coefficient (Wildman–Crippen LogP) is 1.91. The fourth-order valence-electron chi connectivity index (χ4n) is 2.97. The van der Waals surface area contributed by atoms with E-state index in [0.717, 1.165) is 24.4 Å². The number of imidazole rings is 1. The molecule has 1 saturated heterocycles. The minimum absolute atomic E-state index is 0.0136. The average Bonchev–Trinajstić information content (AvgIpc) is 3.15. The lowest BCUT2D eigenvalue weighted by atomic mass is 10.2. The lowest BCUT2D eigenvalue weighted by molar-refractivity contribution is -0.0247. The van der Waals surface area contributed by atoms with Crippen LogP contribution in [-0.2, 0) is 11.3 Å². The maximum atomic E-state index is 5.61. The molecule has 120 valence electrons. The molecular weight excluding hydrogens is 294 g/mol. The highest BCUT2D eigenvalue weighted by molar-refractivity contribution is 5.41. The number of ether oxygens (including phenoxy) is 1. The van der Waals surface area contributed by atoms with Crippen LogP contribution in [0, 0.1) is 13.8 Å². The Morgan fingerprint density at radius 1 is 1.30 bits per heavy atom. The summed E-state index contributed by atoms with van der Waals surface area (Å²) in [6.45, 7) is 6.78. The number of nitrogens with zero attached hydrogens (tertiary/aromatic N) is 5. The van der Waals surface area contributed by atoms with Gasteiger partial charge in [0.05, 0.1) is 25.1 Å². The van der Waals surface area contributed by atoms with Crippen LogP contribution in [-0.4, -0.2) is 44.2 Å². The van der Waals surface area contributed by atoms with E-state index >= 15 is 0 Å². The molecule has 1 fully saturated rings. The number of hydrogen-bond acceptors (Lipinski definition) is 6. The zero-order valence-electron chi connectivity index (χ0n) is 13.3. The van der Waals surface area contributed by atoms with E-state index in [1.54, 1.807) is 0 Å². The molecule has 0 aliphatic carbocycles. The normalized spacial score (nSPS) is 19.5. The lowest BCUT2D eigenvalue weighted by Gasteiger charge is -2.32. The van der Waals surface area contributed by atoms with Crippen LogP contribution >= 0.6 is 0 Å². The third-order valence-corrected chi connectivity index (χ3v) is 4.16. The van der Waals surface area contributed by atoms with E-state index in [1.165, 1.54) is 5.56 Å². The van der Waals surface area contributed by atoms with E-state index in [0.29, 0.717) is 24.9 Å².